The zero-order valence-corrected chi connectivity index (χ0v) is 22.3. The van der Waals surface area contributed by atoms with E-state index in [1.54, 1.807) is 6.92 Å². The topological polar surface area (TPSA) is 18.5 Å². The molecule has 0 amide bonds. The first kappa shape index (κ1) is 27.8. The van der Waals surface area contributed by atoms with Gasteiger partial charge in [0.15, 0.2) is 29.3 Å². The van der Waals surface area contributed by atoms with E-state index in [2.05, 4.69) is 19.1 Å². The molecule has 1 aromatic rings. The average molecular weight is 521 g/mol. The van der Waals surface area contributed by atoms with Crippen molar-refractivity contribution in [3.8, 4) is 5.75 Å². The second-order valence-corrected chi connectivity index (χ2v) is 11.2. The molecule has 0 aliphatic heterocycles. The Balaban J connectivity index is 1.35. The third-order valence-corrected chi connectivity index (χ3v) is 8.77. The number of fused-ring (bicyclic) bond motifs is 1. The molecule has 3 aliphatic carbocycles. The van der Waals surface area contributed by atoms with Gasteiger partial charge in [0.25, 0.3) is 0 Å². The summed E-state index contributed by atoms with van der Waals surface area (Å²) >= 11 is 0. The Bertz CT molecular complexity index is 1030. The maximum absolute atomic E-state index is 15.4. The molecule has 0 N–H and O–H groups in total. The van der Waals surface area contributed by atoms with Crippen LogP contribution in [0.1, 0.15) is 77.7 Å². The van der Waals surface area contributed by atoms with Gasteiger partial charge in [-0.25, -0.2) is 13.2 Å². The summed E-state index contributed by atoms with van der Waals surface area (Å²) in [6.07, 6.45) is 14.5. The SMILES string of the molecule is C/C=C/CCC1CCC2CC(COC3=C(F)C(F)C(C)(c4ccc(OCC)c(F)c4F)C=C3)CCC2C1. The van der Waals surface area contributed by atoms with Gasteiger partial charge in [-0.05, 0) is 102 Å². The molecule has 2 fully saturated rings. The van der Waals surface area contributed by atoms with Crippen LogP contribution < -0.4 is 4.74 Å². The summed E-state index contributed by atoms with van der Waals surface area (Å²) < 4.78 is 70.6. The Morgan fingerprint density at radius 2 is 1.68 bits per heavy atom. The molecule has 4 rings (SSSR count). The Hall–Kier alpha value is -2.24. The van der Waals surface area contributed by atoms with E-state index < -0.39 is 29.0 Å². The van der Waals surface area contributed by atoms with E-state index in [0.717, 1.165) is 31.1 Å². The molecule has 6 heteroatoms. The van der Waals surface area contributed by atoms with Crippen LogP contribution in [0.3, 0.4) is 0 Å². The van der Waals surface area contributed by atoms with Crippen molar-refractivity contribution in [1.82, 2.24) is 0 Å². The van der Waals surface area contributed by atoms with Gasteiger partial charge in [0.05, 0.1) is 18.6 Å². The highest BCUT2D eigenvalue weighted by Gasteiger charge is 2.44. The van der Waals surface area contributed by atoms with Crippen LogP contribution in [0.4, 0.5) is 17.6 Å². The first-order chi connectivity index (χ1) is 17.8. The van der Waals surface area contributed by atoms with Crippen molar-refractivity contribution in [3.05, 3.63) is 65.2 Å². The minimum Gasteiger partial charge on any atom is -0.491 e. The van der Waals surface area contributed by atoms with E-state index in [9.17, 15) is 8.78 Å². The molecule has 0 heterocycles. The highest BCUT2D eigenvalue weighted by molar-refractivity contribution is 5.44. The summed E-state index contributed by atoms with van der Waals surface area (Å²) in [5.41, 5.74) is -1.96. The minimum absolute atomic E-state index is 0.147. The highest BCUT2D eigenvalue weighted by Crippen LogP contribution is 2.47. The summed E-state index contributed by atoms with van der Waals surface area (Å²) in [5.74, 6) is -1.30. The molecule has 37 heavy (non-hydrogen) atoms. The number of benzene rings is 1. The van der Waals surface area contributed by atoms with Gasteiger partial charge < -0.3 is 9.47 Å². The summed E-state index contributed by atoms with van der Waals surface area (Å²) in [4.78, 5) is 0. The van der Waals surface area contributed by atoms with Gasteiger partial charge in [-0.1, -0.05) is 30.7 Å². The molecule has 204 valence electrons. The summed E-state index contributed by atoms with van der Waals surface area (Å²) in [6.45, 7) is 5.59. The molecule has 3 aliphatic rings. The van der Waals surface area contributed by atoms with Crippen molar-refractivity contribution in [2.45, 2.75) is 83.7 Å². The molecule has 0 spiro atoms. The summed E-state index contributed by atoms with van der Waals surface area (Å²) in [5, 5.41) is 0. The van der Waals surface area contributed by atoms with Gasteiger partial charge in [0.1, 0.15) is 0 Å². The van der Waals surface area contributed by atoms with E-state index in [-0.39, 0.29) is 23.7 Å². The van der Waals surface area contributed by atoms with Crippen LogP contribution in [0.2, 0.25) is 0 Å². The molecule has 0 saturated heterocycles. The average Bonchev–Trinajstić information content (AvgIpc) is 2.90. The molecule has 2 saturated carbocycles. The number of halogens is 4. The van der Waals surface area contributed by atoms with Crippen LogP contribution in [0, 0.1) is 35.3 Å². The van der Waals surface area contributed by atoms with E-state index >= 15 is 8.78 Å². The number of hydrogen-bond acceptors (Lipinski definition) is 2. The van der Waals surface area contributed by atoms with Gasteiger partial charge in [-0.2, -0.15) is 4.39 Å². The summed E-state index contributed by atoms with van der Waals surface area (Å²) in [6, 6.07) is 2.51. The van der Waals surface area contributed by atoms with Crippen LogP contribution in [0.15, 0.2) is 48.0 Å². The molecule has 2 nitrogen and oxygen atoms in total. The fourth-order valence-corrected chi connectivity index (χ4v) is 6.56. The minimum atomic E-state index is -2.19. The fourth-order valence-electron chi connectivity index (χ4n) is 6.56. The van der Waals surface area contributed by atoms with Gasteiger partial charge in [-0.15, -0.1) is 0 Å². The van der Waals surface area contributed by atoms with Crippen LogP contribution in [-0.4, -0.2) is 19.4 Å². The Morgan fingerprint density at radius 1 is 0.973 bits per heavy atom. The molecular formula is C31H40F4O2. The maximum atomic E-state index is 15.4. The van der Waals surface area contributed by atoms with Crippen LogP contribution >= 0.6 is 0 Å². The molecule has 0 bridgehead atoms. The highest BCUT2D eigenvalue weighted by atomic mass is 19.2. The third-order valence-electron chi connectivity index (χ3n) is 8.77. The lowest BCUT2D eigenvalue weighted by atomic mass is 9.64. The quantitative estimate of drug-likeness (QED) is 0.239. The lowest BCUT2D eigenvalue weighted by Crippen LogP contribution is -2.36. The lowest BCUT2D eigenvalue weighted by Gasteiger charge is -2.42. The first-order valence-corrected chi connectivity index (χ1v) is 13.9. The molecule has 6 atom stereocenters. The van der Waals surface area contributed by atoms with Gasteiger partial charge in [0.2, 0.25) is 5.82 Å². The predicted molar refractivity (Wildman–Crippen MR) is 139 cm³/mol. The van der Waals surface area contributed by atoms with E-state index in [4.69, 9.17) is 9.47 Å². The number of ether oxygens (including phenoxy) is 2. The van der Waals surface area contributed by atoms with E-state index in [0.29, 0.717) is 18.4 Å². The van der Waals surface area contributed by atoms with E-state index in [1.165, 1.54) is 63.3 Å². The molecule has 0 radical (unpaired) electrons. The molecule has 6 unspecified atom stereocenters. The molecule has 0 aromatic heterocycles. The van der Waals surface area contributed by atoms with Crippen molar-refractivity contribution in [2.75, 3.05) is 13.2 Å². The Labute approximate surface area is 218 Å². The Kier molecular flexibility index (Phi) is 9.07. The zero-order chi connectivity index (χ0) is 26.6. The maximum Gasteiger partial charge on any atom is 0.200 e. The second-order valence-electron chi connectivity index (χ2n) is 11.2. The van der Waals surface area contributed by atoms with Crippen molar-refractivity contribution >= 4 is 0 Å². The first-order valence-electron chi connectivity index (χ1n) is 13.9. The van der Waals surface area contributed by atoms with Gasteiger partial charge in [-0.3, -0.25) is 0 Å². The predicted octanol–water partition coefficient (Wildman–Crippen LogP) is 8.92. The largest absolute Gasteiger partial charge is 0.491 e. The smallest absolute Gasteiger partial charge is 0.200 e. The van der Waals surface area contributed by atoms with Crippen molar-refractivity contribution in [3.63, 3.8) is 0 Å². The molecular weight excluding hydrogens is 480 g/mol. The van der Waals surface area contributed by atoms with Crippen molar-refractivity contribution in [1.29, 1.82) is 0 Å². The van der Waals surface area contributed by atoms with Crippen LogP contribution in [0.25, 0.3) is 0 Å². The normalized spacial score (nSPS) is 32.0. The van der Waals surface area contributed by atoms with Gasteiger partial charge in [0, 0.05) is 5.56 Å². The van der Waals surface area contributed by atoms with Crippen LogP contribution in [-0.2, 0) is 10.2 Å². The number of hydrogen-bond donors (Lipinski definition) is 0. The lowest BCUT2D eigenvalue weighted by molar-refractivity contribution is 0.0573. The van der Waals surface area contributed by atoms with E-state index in [1.807, 2.05) is 0 Å². The number of alkyl halides is 1. The monoisotopic (exact) mass is 520 g/mol. The van der Waals surface area contributed by atoms with Crippen molar-refractivity contribution in [2.24, 2.45) is 23.7 Å². The summed E-state index contributed by atoms with van der Waals surface area (Å²) in [7, 11) is 0. The molecule has 1 aromatic carbocycles. The number of allylic oxidation sites excluding steroid dienone is 5. The third kappa shape index (κ3) is 5.93. The zero-order valence-electron chi connectivity index (χ0n) is 22.3. The Morgan fingerprint density at radius 3 is 2.38 bits per heavy atom. The van der Waals surface area contributed by atoms with Crippen LogP contribution in [0.5, 0.6) is 5.75 Å². The fraction of sp³-hybridized carbons (Fsp3) is 0.613. The number of rotatable bonds is 9. The van der Waals surface area contributed by atoms with Crippen molar-refractivity contribution < 1.29 is 27.0 Å². The standard InChI is InChI=1S/C31H40F4O2/c1-4-6-7-8-20-9-11-23-18-21(10-12-22(23)17-20)19-37-26-15-16-31(3,30(35)29(26)34)24-13-14-25(36-5-2)28(33)27(24)32/h4,6,13-16,20-23,30H,5,7-12,17-19H2,1-3H3/b6-4+. The van der Waals surface area contributed by atoms with Gasteiger partial charge >= 0.3 is 0 Å². The second kappa shape index (κ2) is 12.1.